The molecule has 2 aliphatic carbocycles. The highest BCUT2D eigenvalue weighted by Crippen LogP contribution is 2.28. The van der Waals surface area contributed by atoms with Crippen LogP contribution in [0.2, 0.25) is 0 Å². The third-order valence-corrected chi connectivity index (χ3v) is 6.45. The van der Waals surface area contributed by atoms with E-state index in [4.69, 9.17) is 5.73 Å². The summed E-state index contributed by atoms with van der Waals surface area (Å²) in [6, 6.07) is 12.6. The summed E-state index contributed by atoms with van der Waals surface area (Å²) in [5.41, 5.74) is 9.46. The number of anilines is 1. The van der Waals surface area contributed by atoms with Crippen molar-refractivity contribution in [3.63, 3.8) is 0 Å². The number of carbonyl (C=O) groups excluding carboxylic acids is 3. The molecule has 0 saturated heterocycles. The van der Waals surface area contributed by atoms with Crippen LogP contribution in [0.5, 0.6) is 0 Å². The van der Waals surface area contributed by atoms with E-state index in [0.717, 1.165) is 31.2 Å². The van der Waals surface area contributed by atoms with Crippen LogP contribution in [0.25, 0.3) is 5.69 Å². The number of nitrogen functional groups attached to an aromatic ring is 1. The van der Waals surface area contributed by atoms with Crippen molar-refractivity contribution in [2.24, 2.45) is 0 Å². The van der Waals surface area contributed by atoms with Crippen LogP contribution in [0, 0.1) is 6.92 Å². The molecule has 1 heterocycles. The zero-order chi connectivity index (χ0) is 24.0. The number of benzene rings is 2. The van der Waals surface area contributed by atoms with Gasteiger partial charge in [-0.15, -0.1) is 0 Å². The van der Waals surface area contributed by atoms with Crippen molar-refractivity contribution in [2.75, 3.05) is 12.8 Å². The summed E-state index contributed by atoms with van der Waals surface area (Å²) in [5, 5.41) is 7.32. The van der Waals surface area contributed by atoms with E-state index in [-0.39, 0.29) is 41.1 Å². The fraction of sp³-hybridized carbons (Fsp3) is 0.308. The summed E-state index contributed by atoms with van der Waals surface area (Å²) in [6.45, 7) is 1.89. The Balaban J connectivity index is 1.42. The molecule has 0 unspecified atom stereocenters. The summed E-state index contributed by atoms with van der Waals surface area (Å²) in [7, 11) is 1.79. The molecule has 2 saturated carbocycles. The predicted molar refractivity (Wildman–Crippen MR) is 128 cm³/mol. The molecular weight excluding hydrogens is 430 g/mol. The van der Waals surface area contributed by atoms with Crippen molar-refractivity contribution in [1.29, 1.82) is 0 Å². The van der Waals surface area contributed by atoms with Crippen LogP contribution in [-0.4, -0.2) is 51.4 Å². The molecule has 5 rings (SSSR count). The van der Waals surface area contributed by atoms with Crippen molar-refractivity contribution >= 4 is 23.4 Å². The first kappa shape index (κ1) is 21.9. The van der Waals surface area contributed by atoms with Crippen LogP contribution in [0.3, 0.4) is 0 Å². The fourth-order valence-electron chi connectivity index (χ4n) is 3.98. The lowest BCUT2D eigenvalue weighted by Gasteiger charge is -2.16. The minimum absolute atomic E-state index is 0.0993. The normalized spacial score (nSPS) is 15.1. The van der Waals surface area contributed by atoms with Crippen molar-refractivity contribution in [3.8, 4) is 5.69 Å². The van der Waals surface area contributed by atoms with Crippen LogP contribution in [0.1, 0.15) is 67.9 Å². The number of carbonyl (C=O) groups is 3. The molecule has 0 atom stereocenters. The minimum Gasteiger partial charge on any atom is -0.383 e. The van der Waals surface area contributed by atoms with E-state index in [9.17, 15) is 14.4 Å². The lowest BCUT2D eigenvalue weighted by Crippen LogP contribution is -2.28. The van der Waals surface area contributed by atoms with Crippen LogP contribution < -0.4 is 11.1 Å². The Morgan fingerprint density at radius 2 is 1.76 bits per heavy atom. The molecule has 0 spiro atoms. The number of aromatic nitrogens is 2. The Morgan fingerprint density at radius 1 is 1.03 bits per heavy atom. The second-order valence-corrected chi connectivity index (χ2v) is 9.16. The first-order valence-corrected chi connectivity index (χ1v) is 11.5. The highest BCUT2D eigenvalue weighted by atomic mass is 16.2. The van der Waals surface area contributed by atoms with Gasteiger partial charge in [-0.25, -0.2) is 4.68 Å². The molecule has 1 aromatic heterocycles. The van der Waals surface area contributed by atoms with E-state index in [1.165, 1.54) is 10.9 Å². The van der Waals surface area contributed by atoms with E-state index >= 15 is 0 Å². The first-order valence-electron chi connectivity index (χ1n) is 11.5. The van der Waals surface area contributed by atoms with Gasteiger partial charge in [-0.05, 0) is 62.4 Å². The van der Waals surface area contributed by atoms with Crippen LogP contribution in [-0.2, 0) is 0 Å². The molecule has 0 radical (unpaired) electrons. The standard InChI is InChI=1S/C26H27N5O3/c1-15-6-7-17(25(33)29-19-8-9-19)13-22(15)31-24(27)21(14-28-31)23(32)16-4-3-5-18(12-16)26(34)30(2)20-10-11-20/h3-7,12-14,19-20H,8-11,27H2,1-2H3,(H,29,33). The van der Waals surface area contributed by atoms with Gasteiger partial charge in [0.25, 0.3) is 11.8 Å². The zero-order valence-electron chi connectivity index (χ0n) is 19.2. The highest BCUT2D eigenvalue weighted by molar-refractivity contribution is 6.12. The molecular formula is C26H27N5O3. The topological polar surface area (TPSA) is 110 Å². The Hall–Kier alpha value is -3.94. The predicted octanol–water partition coefficient (Wildman–Crippen LogP) is 3.12. The number of aryl methyl sites for hydroxylation is 1. The van der Waals surface area contributed by atoms with Gasteiger partial charge in [0.1, 0.15) is 5.82 Å². The summed E-state index contributed by atoms with van der Waals surface area (Å²) in [6.07, 6.45) is 5.47. The average Bonchev–Trinajstić information content (AvgIpc) is 3.77. The molecule has 8 heteroatoms. The summed E-state index contributed by atoms with van der Waals surface area (Å²) in [5.74, 6) is -0.367. The Labute approximate surface area is 197 Å². The maximum Gasteiger partial charge on any atom is 0.253 e. The Bertz CT molecular complexity index is 1300. The van der Waals surface area contributed by atoms with Crippen LogP contribution in [0.4, 0.5) is 5.82 Å². The van der Waals surface area contributed by atoms with Gasteiger partial charge < -0.3 is 16.0 Å². The number of rotatable bonds is 7. The lowest BCUT2D eigenvalue weighted by atomic mass is 10.0. The molecule has 0 bridgehead atoms. The van der Waals surface area contributed by atoms with E-state index in [1.807, 2.05) is 13.0 Å². The maximum atomic E-state index is 13.3. The number of ketones is 1. The van der Waals surface area contributed by atoms with Gasteiger partial charge in [-0.1, -0.05) is 18.2 Å². The van der Waals surface area contributed by atoms with E-state index in [1.54, 1.807) is 48.3 Å². The fourth-order valence-corrected chi connectivity index (χ4v) is 3.98. The second-order valence-electron chi connectivity index (χ2n) is 9.16. The van der Waals surface area contributed by atoms with Crippen LogP contribution >= 0.6 is 0 Å². The molecule has 34 heavy (non-hydrogen) atoms. The number of nitrogens with one attached hydrogen (secondary N) is 1. The monoisotopic (exact) mass is 457 g/mol. The summed E-state index contributed by atoms with van der Waals surface area (Å²) >= 11 is 0. The summed E-state index contributed by atoms with van der Waals surface area (Å²) < 4.78 is 1.48. The zero-order valence-corrected chi connectivity index (χ0v) is 19.2. The third kappa shape index (κ3) is 4.19. The SMILES string of the molecule is Cc1ccc(C(=O)NC2CC2)cc1-n1ncc(C(=O)c2cccc(C(=O)N(C)C3CC3)c2)c1N. The lowest BCUT2D eigenvalue weighted by molar-refractivity contribution is 0.0784. The number of nitrogens with zero attached hydrogens (tertiary/aromatic N) is 3. The number of hydrogen-bond donors (Lipinski definition) is 2. The van der Waals surface area contributed by atoms with Gasteiger partial charge in [-0.2, -0.15) is 5.10 Å². The molecule has 2 aliphatic rings. The number of nitrogens with two attached hydrogens (primary N) is 1. The summed E-state index contributed by atoms with van der Waals surface area (Å²) in [4.78, 5) is 40.2. The van der Waals surface area contributed by atoms with Crippen molar-refractivity contribution < 1.29 is 14.4 Å². The Kier molecular flexibility index (Phi) is 5.43. The quantitative estimate of drug-likeness (QED) is 0.530. The molecule has 3 N–H and O–H groups in total. The van der Waals surface area contributed by atoms with Gasteiger partial charge in [0, 0.05) is 35.8 Å². The largest absolute Gasteiger partial charge is 0.383 e. The number of amides is 2. The maximum absolute atomic E-state index is 13.3. The van der Waals surface area contributed by atoms with Crippen molar-refractivity contribution in [2.45, 2.75) is 44.7 Å². The third-order valence-electron chi connectivity index (χ3n) is 6.45. The second kappa shape index (κ2) is 8.44. The molecule has 174 valence electrons. The molecule has 3 aromatic rings. The first-order chi connectivity index (χ1) is 16.3. The van der Waals surface area contributed by atoms with E-state index < -0.39 is 0 Å². The van der Waals surface area contributed by atoms with Crippen LogP contribution in [0.15, 0.2) is 48.7 Å². The number of hydrogen-bond acceptors (Lipinski definition) is 5. The van der Waals surface area contributed by atoms with Crippen molar-refractivity contribution in [1.82, 2.24) is 20.0 Å². The molecule has 2 fully saturated rings. The molecule has 2 aromatic carbocycles. The smallest absolute Gasteiger partial charge is 0.253 e. The highest BCUT2D eigenvalue weighted by Gasteiger charge is 2.30. The van der Waals surface area contributed by atoms with E-state index in [0.29, 0.717) is 22.4 Å². The molecule has 8 nitrogen and oxygen atoms in total. The van der Waals surface area contributed by atoms with Gasteiger partial charge in [0.15, 0.2) is 5.78 Å². The van der Waals surface area contributed by atoms with Gasteiger partial charge in [-0.3, -0.25) is 14.4 Å². The van der Waals surface area contributed by atoms with Gasteiger partial charge in [0.2, 0.25) is 0 Å². The molecule has 2 amide bonds. The minimum atomic E-state index is -0.312. The van der Waals surface area contributed by atoms with Gasteiger partial charge in [0.05, 0.1) is 17.4 Å². The average molecular weight is 458 g/mol. The van der Waals surface area contributed by atoms with Crippen molar-refractivity contribution in [3.05, 3.63) is 76.5 Å². The van der Waals surface area contributed by atoms with E-state index in [2.05, 4.69) is 10.4 Å². The Morgan fingerprint density at radius 3 is 2.47 bits per heavy atom. The van der Waals surface area contributed by atoms with Gasteiger partial charge >= 0.3 is 0 Å². The molecule has 0 aliphatic heterocycles.